The third-order valence-corrected chi connectivity index (χ3v) is 5.55. The molecular weight excluding hydrogens is 476 g/mol. The normalized spacial score (nSPS) is 12.5. The van der Waals surface area contributed by atoms with E-state index in [1.807, 2.05) is 60.7 Å². The minimum Gasteiger partial charge on any atom is -0.506 e. The zero-order chi connectivity index (χ0) is 26.6. The molecule has 0 radical (unpaired) electrons. The minimum absolute atomic E-state index is 0.0740. The molecule has 0 saturated heterocycles. The molecule has 8 heteroatoms. The van der Waals surface area contributed by atoms with Crippen molar-refractivity contribution in [3.05, 3.63) is 101 Å². The number of aliphatic hydroxyl groups is 1. The van der Waals surface area contributed by atoms with Crippen LogP contribution in [0, 0.1) is 0 Å². The average Bonchev–Trinajstić information content (AvgIpc) is 2.92. The molecule has 2 N–H and O–H groups in total. The third kappa shape index (κ3) is 7.63. The standard InChI is InChI=1S/C29H32O8/c1-3-34-28(32)23-15-22(16-24(26(23)31)29(33)35-4-2)27(37-19-21-13-9-6-10-14-21)25(17-30)36-18-20-11-7-5-8-12-20/h5-16,25,27,30-31H,3-4,17-19H2,1-2H3/t25-,27-/m1/s1. The lowest BCUT2D eigenvalue weighted by molar-refractivity contribution is -0.106. The molecule has 0 saturated carbocycles. The Kier molecular flexibility index (Phi) is 10.6. The van der Waals surface area contributed by atoms with E-state index in [-0.39, 0.29) is 37.6 Å². The molecule has 3 aromatic rings. The molecular formula is C29H32O8. The summed E-state index contributed by atoms with van der Waals surface area (Å²) >= 11 is 0. The second-order valence-electron chi connectivity index (χ2n) is 8.14. The highest BCUT2D eigenvalue weighted by atomic mass is 16.5. The van der Waals surface area contributed by atoms with Gasteiger partial charge in [0.15, 0.2) is 0 Å². The van der Waals surface area contributed by atoms with Gasteiger partial charge in [0.2, 0.25) is 0 Å². The van der Waals surface area contributed by atoms with E-state index in [2.05, 4.69) is 0 Å². The van der Waals surface area contributed by atoms with Gasteiger partial charge in [-0.25, -0.2) is 9.59 Å². The van der Waals surface area contributed by atoms with Crippen LogP contribution in [0.4, 0.5) is 0 Å². The summed E-state index contributed by atoms with van der Waals surface area (Å²) in [5.41, 5.74) is 1.69. The maximum atomic E-state index is 12.6. The molecule has 0 amide bonds. The molecule has 0 unspecified atom stereocenters. The fourth-order valence-electron chi connectivity index (χ4n) is 3.74. The van der Waals surface area contributed by atoms with Crippen LogP contribution in [0.5, 0.6) is 5.75 Å². The van der Waals surface area contributed by atoms with Crippen molar-refractivity contribution in [2.45, 2.75) is 39.3 Å². The first-order valence-electron chi connectivity index (χ1n) is 12.1. The van der Waals surface area contributed by atoms with Crippen molar-refractivity contribution >= 4 is 11.9 Å². The van der Waals surface area contributed by atoms with E-state index in [1.54, 1.807) is 13.8 Å². The number of carbonyl (C=O) groups is 2. The number of hydrogen-bond acceptors (Lipinski definition) is 8. The Morgan fingerprint density at radius 2 is 1.22 bits per heavy atom. The number of phenols is 1. The third-order valence-electron chi connectivity index (χ3n) is 5.55. The average molecular weight is 509 g/mol. The summed E-state index contributed by atoms with van der Waals surface area (Å²) < 4.78 is 22.4. The Morgan fingerprint density at radius 3 is 1.65 bits per heavy atom. The molecule has 3 rings (SSSR count). The maximum absolute atomic E-state index is 12.6. The zero-order valence-electron chi connectivity index (χ0n) is 21.0. The van der Waals surface area contributed by atoms with Crippen molar-refractivity contribution < 1.29 is 38.7 Å². The van der Waals surface area contributed by atoms with Gasteiger partial charge < -0.3 is 29.2 Å². The molecule has 0 aromatic heterocycles. The second-order valence-corrected chi connectivity index (χ2v) is 8.14. The van der Waals surface area contributed by atoms with E-state index in [0.717, 1.165) is 11.1 Å². The molecule has 0 aliphatic rings. The summed E-state index contributed by atoms with van der Waals surface area (Å²) in [6.45, 7) is 3.38. The van der Waals surface area contributed by atoms with Crippen molar-refractivity contribution in [1.82, 2.24) is 0 Å². The summed E-state index contributed by atoms with van der Waals surface area (Å²) in [6.07, 6.45) is -1.77. The number of rotatable bonds is 13. The Hall–Kier alpha value is -3.72. The summed E-state index contributed by atoms with van der Waals surface area (Å²) in [5.74, 6) is -2.16. The molecule has 8 nitrogen and oxygen atoms in total. The van der Waals surface area contributed by atoms with Gasteiger partial charge in [0.1, 0.15) is 29.1 Å². The van der Waals surface area contributed by atoms with Gasteiger partial charge in [0.05, 0.1) is 33.0 Å². The number of esters is 2. The van der Waals surface area contributed by atoms with Crippen molar-refractivity contribution in [3.63, 3.8) is 0 Å². The SMILES string of the molecule is CCOC(=O)c1cc([C@@H](OCc2ccccc2)[C@@H](CO)OCc2ccccc2)cc(C(=O)OCC)c1O. The van der Waals surface area contributed by atoms with Crippen LogP contribution in [-0.4, -0.2) is 48.1 Å². The van der Waals surface area contributed by atoms with E-state index in [9.17, 15) is 19.8 Å². The smallest absolute Gasteiger partial charge is 0.341 e. The first kappa shape index (κ1) is 27.9. The number of hydrogen-bond donors (Lipinski definition) is 2. The molecule has 0 aliphatic heterocycles. The molecule has 37 heavy (non-hydrogen) atoms. The van der Waals surface area contributed by atoms with E-state index in [1.165, 1.54) is 12.1 Å². The van der Waals surface area contributed by atoms with Crippen LogP contribution in [0.15, 0.2) is 72.8 Å². The van der Waals surface area contributed by atoms with E-state index >= 15 is 0 Å². The molecule has 0 aliphatic carbocycles. The number of carbonyl (C=O) groups excluding carboxylic acids is 2. The van der Waals surface area contributed by atoms with E-state index in [4.69, 9.17) is 18.9 Å². The first-order valence-corrected chi connectivity index (χ1v) is 12.1. The molecule has 0 spiro atoms. The monoisotopic (exact) mass is 508 g/mol. The van der Waals surface area contributed by atoms with Gasteiger partial charge in [0, 0.05) is 0 Å². The van der Waals surface area contributed by atoms with Gasteiger partial charge in [-0.05, 0) is 42.7 Å². The quantitative estimate of drug-likeness (QED) is 0.323. The van der Waals surface area contributed by atoms with Crippen LogP contribution in [0.2, 0.25) is 0 Å². The number of ether oxygens (including phenoxy) is 4. The van der Waals surface area contributed by atoms with E-state index in [0.29, 0.717) is 5.56 Å². The molecule has 2 atom stereocenters. The van der Waals surface area contributed by atoms with Crippen molar-refractivity contribution in [2.75, 3.05) is 19.8 Å². The minimum atomic E-state index is -0.907. The van der Waals surface area contributed by atoms with Gasteiger partial charge in [-0.15, -0.1) is 0 Å². The molecule has 0 heterocycles. The van der Waals surface area contributed by atoms with Crippen LogP contribution in [0.25, 0.3) is 0 Å². The topological polar surface area (TPSA) is 112 Å². The Labute approximate surface area is 216 Å². The molecule has 196 valence electrons. The lowest BCUT2D eigenvalue weighted by Gasteiger charge is -2.28. The van der Waals surface area contributed by atoms with Gasteiger partial charge in [-0.2, -0.15) is 0 Å². The molecule has 3 aromatic carbocycles. The Bertz CT molecular complexity index is 1110. The van der Waals surface area contributed by atoms with Crippen molar-refractivity contribution in [3.8, 4) is 5.75 Å². The zero-order valence-corrected chi connectivity index (χ0v) is 21.0. The van der Waals surface area contributed by atoms with Gasteiger partial charge >= 0.3 is 11.9 Å². The first-order chi connectivity index (χ1) is 18.0. The van der Waals surface area contributed by atoms with Crippen LogP contribution in [-0.2, 0) is 32.2 Å². The van der Waals surface area contributed by atoms with Crippen molar-refractivity contribution in [1.29, 1.82) is 0 Å². The highest BCUT2D eigenvalue weighted by Crippen LogP contribution is 2.33. The number of aliphatic hydroxyl groups excluding tert-OH is 1. The van der Waals surface area contributed by atoms with Crippen LogP contribution < -0.4 is 0 Å². The summed E-state index contributed by atoms with van der Waals surface area (Å²) in [6, 6.07) is 21.6. The van der Waals surface area contributed by atoms with Crippen LogP contribution >= 0.6 is 0 Å². The Balaban J connectivity index is 2.03. The predicted molar refractivity (Wildman–Crippen MR) is 136 cm³/mol. The summed E-state index contributed by atoms with van der Waals surface area (Å²) in [5, 5.41) is 21.0. The molecule has 0 bridgehead atoms. The van der Waals surface area contributed by atoms with Gasteiger partial charge in [0.25, 0.3) is 0 Å². The maximum Gasteiger partial charge on any atom is 0.341 e. The summed E-state index contributed by atoms with van der Waals surface area (Å²) in [7, 11) is 0. The van der Waals surface area contributed by atoms with Gasteiger partial charge in [-0.1, -0.05) is 60.7 Å². The number of aromatic hydroxyl groups is 1. The lowest BCUT2D eigenvalue weighted by atomic mass is 9.97. The fraction of sp³-hybridized carbons (Fsp3) is 0.310. The lowest BCUT2D eigenvalue weighted by Crippen LogP contribution is -2.29. The highest BCUT2D eigenvalue weighted by Gasteiger charge is 2.30. The van der Waals surface area contributed by atoms with E-state index < -0.39 is 36.5 Å². The van der Waals surface area contributed by atoms with Gasteiger partial charge in [-0.3, -0.25) is 0 Å². The number of benzene rings is 3. The highest BCUT2D eigenvalue weighted by molar-refractivity contribution is 6.00. The number of phenolic OH excluding ortho intramolecular Hbond substituents is 1. The van der Waals surface area contributed by atoms with Crippen molar-refractivity contribution in [2.24, 2.45) is 0 Å². The molecule has 0 fully saturated rings. The fourth-order valence-corrected chi connectivity index (χ4v) is 3.74. The predicted octanol–water partition coefficient (Wildman–Crippen LogP) is 4.58. The largest absolute Gasteiger partial charge is 0.506 e. The van der Waals surface area contributed by atoms with Crippen LogP contribution in [0.3, 0.4) is 0 Å². The Morgan fingerprint density at radius 1 is 0.757 bits per heavy atom. The second kappa shape index (κ2) is 14.1. The van der Waals surface area contributed by atoms with Crippen LogP contribution in [0.1, 0.15) is 57.4 Å². The summed E-state index contributed by atoms with van der Waals surface area (Å²) in [4.78, 5) is 25.3.